The lowest BCUT2D eigenvalue weighted by Gasteiger charge is -2.22. The van der Waals surface area contributed by atoms with Crippen LogP contribution in [0.5, 0.6) is 5.75 Å². The van der Waals surface area contributed by atoms with Gasteiger partial charge in [0.25, 0.3) is 5.91 Å². The summed E-state index contributed by atoms with van der Waals surface area (Å²) in [5.41, 5.74) is 2.74. The van der Waals surface area contributed by atoms with E-state index < -0.39 is 23.9 Å². The minimum atomic E-state index is -1.12. The molecule has 0 aliphatic rings. The van der Waals surface area contributed by atoms with Crippen molar-refractivity contribution in [3.8, 4) is 5.75 Å². The molecule has 34 heavy (non-hydrogen) atoms. The minimum Gasteiger partial charge on any atom is -0.497 e. The summed E-state index contributed by atoms with van der Waals surface area (Å²) in [5.74, 6) is -0.930. The van der Waals surface area contributed by atoms with Gasteiger partial charge in [0.15, 0.2) is 0 Å². The molecular formula is C29H25NO4. The number of carbonyl (C=O) groups excluding carboxylic acids is 2. The maximum Gasteiger partial charge on any atom is 0.319 e. The highest BCUT2D eigenvalue weighted by Crippen LogP contribution is 2.30. The van der Waals surface area contributed by atoms with Crippen LogP contribution in [-0.4, -0.2) is 19.0 Å². The van der Waals surface area contributed by atoms with Gasteiger partial charge >= 0.3 is 5.97 Å². The molecule has 1 amide bonds. The number of ether oxygens (including phenoxy) is 2. The van der Waals surface area contributed by atoms with E-state index in [4.69, 9.17) is 9.47 Å². The van der Waals surface area contributed by atoms with Crippen LogP contribution in [0.15, 0.2) is 115 Å². The third-order valence-corrected chi connectivity index (χ3v) is 5.43. The molecule has 170 valence electrons. The summed E-state index contributed by atoms with van der Waals surface area (Å²) in [4.78, 5) is 26.8. The zero-order valence-corrected chi connectivity index (χ0v) is 18.8. The molecule has 5 heteroatoms. The Balaban J connectivity index is 1.63. The van der Waals surface area contributed by atoms with Gasteiger partial charge in [0.2, 0.25) is 6.10 Å². The molecule has 0 bridgehead atoms. The largest absolute Gasteiger partial charge is 0.497 e. The van der Waals surface area contributed by atoms with Crippen LogP contribution in [-0.2, 0) is 14.3 Å². The van der Waals surface area contributed by atoms with Crippen molar-refractivity contribution in [1.82, 2.24) is 0 Å². The Morgan fingerprint density at radius 3 is 1.59 bits per heavy atom. The Labute approximate surface area is 199 Å². The third kappa shape index (κ3) is 5.51. The topological polar surface area (TPSA) is 64.6 Å². The van der Waals surface area contributed by atoms with Crippen LogP contribution < -0.4 is 10.1 Å². The number of anilines is 1. The Kier molecular flexibility index (Phi) is 7.35. The van der Waals surface area contributed by atoms with Gasteiger partial charge in [-0.25, -0.2) is 0 Å². The lowest BCUT2D eigenvalue weighted by molar-refractivity contribution is -0.155. The number of hydrogen-bond donors (Lipinski definition) is 1. The fourth-order valence-corrected chi connectivity index (χ4v) is 3.72. The van der Waals surface area contributed by atoms with Gasteiger partial charge in [0.05, 0.1) is 7.11 Å². The molecule has 0 saturated carbocycles. The molecule has 4 rings (SSSR count). The number of carbonyl (C=O) groups is 2. The molecule has 4 aromatic rings. The first kappa shape index (κ1) is 22.8. The molecule has 0 heterocycles. The van der Waals surface area contributed by atoms with E-state index in [0.717, 1.165) is 11.1 Å². The van der Waals surface area contributed by atoms with Crippen LogP contribution >= 0.6 is 0 Å². The molecule has 0 aromatic heterocycles. The Bertz CT molecular complexity index is 1170. The smallest absolute Gasteiger partial charge is 0.319 e. The third-order valence-electron chi connectivity index (χ3n) is 5.43. The van der Waals surface area contributed by atoms with E-state index in [1.54, 1.807) is 43.5 Å². The fourth-order valence-electron chi connectivity index (χ4n) is 3.72. The fraction of sp³-hybridized carbons (Fsp3) is 0.103. The van der Waals surface area contributed by atoms with Crippen molar-refractivity contribution in [3.05, 3.63) is 132 Å². The first-order valence-corrected chi connectivity index (χ1v) is 11.0. The van der Waals surface area contributed by atoms with Crippen molar-refractivity contribution in [2.75, 3.05) is 12.4 Å². The van der Waals surface area contributed by atoms with Crippen molar-refractivity contribution in [2.45, 2.75) is 12.0 Å². The molecular weight excluding hydrogens is 426 g/mol. The number of esters is 1. The maximum atomic E-state index is 13.5. The van der Waals surface area contributed by atoms with Crippen LogP contribution in [0.25, 0.3) is 0 Å². The normalized spacial score (nSPS) is 11.5. The minimum absolute atomic E-state index is 0.440. The number of methoxy groups -OCH3 is 1. The van der Waals surface area contributed by atoms with Gasteiger partial charge in [-0.1, -0.05) is 91.0 Å². The lowest BCUT2D eigenvalue weighted by Crippen LogP contribution is -2.28. The molecule has 0 unspecified atom stereocenters. The van der Waals surface area contributed by atoms with Crippen LogP contribution in [0.1, 0.15) is 28.7 Å². The number of hydrogen-bond acceptors (Lipinski definition) is 4. The SMILES string of the molecule is COc1ccc(NC(=O)[C@@H](OC(=O)C(c2ccccc2)c2ccccc2)c2ccccc2)cc1. The number of nitrogens with one attached hydrogen (secondary N) is 1. The number of amides is 1. The standard InChI is InChI=1S/C29H25NO4/c1-33-25-19-17-24(18-20-25)30-28(31)27(23-15-9-4-10-16-23)34-29(32)26(21-11-5-2-6-12-21)22-13-7-3-8-14-22/h2-20,26-27H,1H3,(H,30,31)/t27-/m0/s1. The van der Waals surface area contributed by atoms with Crippen LogP contribution in [0.4, 0.5) is 5.69 Å². The average molecular weight is 452 g/mol. The van der Waals surface area contributed by atoms with E-state index in [0.29, 0.717) is 17.0 Å². The summed E-state index contributed by atoms with van der Waals surface area (Å²) in [6.07, 6.45) is -1.12. The van der Waals surface area contributed by atoms with E-state index >= 15 is 0 Å². The van der Waals surface area contributed by atoms with E-state index in [-0.39, 0.29) is 0 Å². The summed E-state index contributed by atoms with van der Waals surface area (Å²) in [7, 11) is 1.58. The Morgan fingerprint density at radius 1 is 0.647 bits per heavy atom. The first-order chi connectivity index (χ1) is 16.7. The van der Waals surface area contributed by atoms with Gasteiger partial charge in [0.1, 0.15) is 11.7 Å². The summed E-state index contributed by atoms with van der Waals surface area (Å²) in [5, 5.41) is 2.84. The molecule has 0 saturated heterocycles. The molecule has 4 aromatic carbocycles. The second-order valence-corrected chi connectivity index (χ2v) is 7.70. The Morgan fingerprint density at radius 2 is 1.12 bits per heavy atom. The van der Waals surface area contributed by atoms with Crippen molar-refractivity contribution < 1.29 is 19.1 Å². The predicted molar refractivity (Wildman–Crippen MR) is 132 cm³/mol. The van der Waals surface area contributed by atoms with E-state index in [2.05, 4.69) is 5.32 Å². The molecule has 0 aliphatic heterocycles. The summed E-state index contributed by atoms with van der Waals surface area (Å²) in [6.45, 7) is 0. The van der Waals surface area contributed by atoms with E-state index in [1.807, 2.05) is 78.9 Å². The van der Waals surface area contributed by atoms with Gasteiger partial charge in [-0.2, -0.15) is 0 Å². The van der Waals surface area contributed by atoms with Crippen molar-refractivity contribution in [1.29, 1.82) is 0 Å². The van der Waals surface area contributed by atoms with Crippen LogP contribution in [0.2, 0.25) is 0 Å². The van der Waals surface area contributed by atoms with Gasteiger partial charge in [0, 0.05) is 11.3 Å². The molecule has 1 atom stereocenters. The van der Waals surface area contributed by atoms with Crippen molar-refractivity contribution in [2.24, 2.45) is 0 Å². The van der Waals surface area contributed by atoms with Crippen molar-refractivity contribution >= 4 is 17.6 Å². The maximum absolute atomic E-state index is 13.5. The quantitative estimate of drug-likeness (QED) is 0.347. The zero-order chi connectivity index (χ0) is 23.8. The summed E-state index contributed by atoms with van der Waals surface area (Å²) >= 11 is 0. The highest BCUT2D eigenvalue weighted by atomic mass is 16.5. The highest BCUT2D eigenvalue weighted by Gasteiger charge is 2.31. The van der Waals surface area contributed by atoms with Gasteiger partial charge in [-0.05, 0) is 35.4 Å². The van der Waals surface area contributed by atoms with Crippen molar-refractivity contribution in [3.63, 3.8) is 0 Å². The molecule has 5 nitrogen and oxygen atoms in total. The molecule has 0 fully saturated rings. The second kappa shape index (κ2) is 11.0. The van der Waals surface area contributed by atoms with E-state index in [9.17, 15) is 9.59 Å². The zero-order valence-electron chi connectivity index (χ0n) is 18.8. The van der Waals surface area contributed by atoms with Crippen LogP contribution in [0, 0.1) is 0 Å². The molecule has 1 N–H and O–H groups in total. The molecule has 0 radical (unpaired) electrons. The summed E-state index contributed by atoms with van der Waals surface area (Å²) in [6, 6.07) is 34.8. The van der Waals surface area contributed by atoms with Gasteiger partial charge < -0.3 is 14.8 Å². The van der Waals surface area contributed by atoms with Gasteiger partial charge in [-0.15, -0.1) is 0 Å². The second-order valence-electron chi connectivity index (χ2n) is 7.70. The van der Waals surface area contributed by atoms with Gasteiger partial charge in [-0.3, -0.25) is 9.59 Å². The van der Waals surface area contributed by atoms with E-state index in [1.165, 1.54) is 0 Å². The number of benzene rings is 4. The summed E-state index contributed by atoms with van der Waals surface area (Å²) < 4.78 is 11.1. The number of rotatable bonds is 8. The molecule has 0 aliphatic carbocycles. The average Bonchev–Trinajstić information content (AvgIpc) is 2.89. The highest BCUT2D eigenvalue weighted by molar-refractivity contribution is 5.96. The lowest BCUT2D eigenvalue weighted by atomic mass is 9.91. The first-order valence-electron chi connectivity index (χ1n) is 11.0. The molecule has 0 spiro atoms. The predicted octanol–water partition coefficient (Wildman–Crippen LogP) is 5.75. The Hall–Kier alpha value is -4.38. The van der Waals surface area contributed by atoms with Crippen LogP contribution in [0.3, 0.4) is 0 Å². The monoisotopic (exact) mass is 451 g/mol.